The molecule has 3 aromatic heterocycles. The van der Waals surface area contributed by atoms with Gasteiger partial charge in [0, 0.05) is 28.7 Å². The van der Waals surface area contributed by atoms with Crippen LogP contribution in [-0.4, -0.2) is 35.6 Å². The highest BCUT2D eigenvalue weighted by Crippen LogP contribution is 2.31. The normalized spacial score (nSPS) is 11.3. The number of aromatic carboxylic acids is 1. The number of hydrogen-bond donors (Lipinski definition) is 1. The summed E-state index contributed by atoms with van der Waals surface area (Å²) in [6.45, 7) is 2.20. The molecular formula is C16H12ClN5O2S. The van der Waals surface area contributed by atoms with Gasteiger partial charge < -0.3 is 5.11 Å². The van der Waals surface area contributed by atoms with Crippen LogP contribution in [-0.2, 0) is 6.54 Å². The van der Waals surface area contributed by atoms with E-state index >= 15 is 0 Å². The molecule has 0 spiro atoms. The number of carbonyl (C=O) groups is 1. The van der Waals surface area contributed by atoms with E-state index in [9.17, 15) is 4.79 Å². The van der Waals surface area contributed by atoms with Crippen LogP contribution >= 0.6 is 22.9 Å². The Morgan fingerprint density at radius 3 is 2.88 bits per heavy atom. The standard InChI is InChI=1S/C16H12ClN5O2S/c1-9-5-12(15(23)24)20-22(9)8-10-6-11(17)7-13-14(10)19-16(25-13)21-4-2-3-18-21/h2-7H,8H2,1H3,(H,23,24). The molecule has 126 valence electrons. The van der Waals surface area contributed by atoms with Crippen LogP contribution in [0.15, 0.2) is 36.7 Å². The SMILES string of the molecule is Cc1cc(C(=O)O)nn1Cc1cc(Cl)cc2sc(-n3cccn3)nc12. The summed E-state index contributed by atoms with van der Waals surface area (Å²) in [4.78, 5) is 15.8. The van der Waals surface area contributed by atoms with E-state index in [1.54, 1.807) is 21.6 Å². The number of fused-ring (bicyclic) bond motifs is 1. The number of hydrogen-bond acceptors (Lipinski definition) is 5. The molecule has 25 heavy (non-hydrogen) atoms. The molecule has 3 heterocycles. The van der Waals surface area contributed by atoms with Crippen LogP contribution in [0.3, 0.4) is 0 Å². The van der Waals surface area contributed by atoms with Gasteiger partial charge in [-0.3, -0.25) is 4.68 Å². The van der Waals surface area contributed by atoms with E-state index in [0.717, 1.165) is 26.6 Å². The largest absolute Gasteiger partial charge is 0.476 e. The van der Waals surface area contributed by atoms with E-state index in [-0.39, 0.29) is 5.69 Å². The molecule has 0 fully saturated rings. The van der Waals surface area contributed by atoms with Crippen LogP contribution in [0, 0.1) is 6.92 Å². The number of carboxylic acids is 1. The van der Waals surface area contributed by atoms with E-state index in [1.165, 1.54) is 11.3 Å². The van der Waals surface area contributed by atoms with Gasteiger partial charge in [0.15, 0.2) is 5.69 Å². The van der Waals surface area contributed by atoms with Crippen LogP contribution in [0.5, 0.6) is 0 Å². The zero-order valence-electron chi connectivity index (χ0n) is 13.0. The van der Waals surface area contributed by atoms with Crippen molar-refractivity contribution < 1.29 is 9.90 Å². The Hall–Kier alpha value is -2.71. The lowest BCUT2D eigenvalue weighted by Gasteiger charge is -2.06. The number of benzene rings is 1. The fourth-order valence-corrected chi connectivity index (χ4v) is 3.89. The van der Waals surface area contributed by atoms with Crippen molar-refractivity contribution in [2.24, 2.45) is 0 Å². The second-order valence-electron chi connectivity index (χ2n) is 5.49. The smallest absolute Gasteiger partial charge is 0.356 e. The van der Waals surface area contributed by atoms with Gasteiger partial charge in [0.05, 0.1) is 16.8 Å². The second-order valence-corrected chi connectivity index (χ2v) is 6.94. The van der Waals surface area contributed by atoms with Gasteiger partial charge in [-0.2, -0.15) is 10.2 Å². The molecule has 9 heteroatoms. The van der Waals surface area contributed by atoms with Crippen LogP contribution in [0.2, 0.25) is 5.02 Å². The number of thiazole rings is 1. The average Bonchev–Trinajstić information content (AvgIpc) is 3.26. The molecule has 0 saturated carbocycles. The Morgan fingerprint density at radius 1 is 1.36 bits per heavy atom. The Labute approximate surface area is 151 Å². The third kappa shape index (κ3) is 2.90. The highest BCUT2D eigenvalue weighted by molar-refractivity contribution is 7.20. The average molecular weight is 374 g/mol. The highest BCUT2D eigenvalue weighted by Gasteiger charge is 2.15. The molecule has 0 amide bonds. The Balaban J connectivity index is 1.80. The lowest BCUT2D eigenvalue weighted by molar-refractivity contribution is 0.0689. The Bertz CT molecular complexity index is 1080. The van der Waals surface area contributed by atoms with Gasteiger partial charge in [-0.15, -0.1) is 0 Å². The van der Waals surface area contributed by atoms with E-state index in [4.69, 9.17) is 16.7 Å². The highest BCUT2D eigenvalue weighted by atomic mass is 35.5. The van der Waals surface area contributed by atoms with Gasteiger partial charge in [-0.25, -0.2) is 14.5 Å². The first-order chi connectivity index (χ1) is 12.0. The summed E-state index contributed by atoms with van der Waals surface area (Å²) in [6, 6.07) is 7.07. The maximum absolute atomic E-state index is 11.1. The number of aromatic nitrogens is 5. The first-order valence-electron chi connectivity index (χ1n) is 7.38. The molecule has 0 saturated heterocycles. The maximum Gasteiger partial charge on any atom is 0.356 e. The Morgan fingerprint density at radius 2 is 2.20 bits per heavy atom. The van der Waals surface area contributed by atoms with E-state index in [2.05, 4.69) is 15.2 Å². The molecule has 0 unspecified atom stereocenters. The number of halogens is 1. The van der Waals surface area contributed by atoms with Crippen molar-refractivity contribution in [3.63, 3.8) is 0 Å². The zero-order valence-corrected chi connectivity index (χ0v) is 14.6. The number of carboxylic acid groups (broad SMARTS) is 1. The van der Waals surface area contributed by atoms with E-state index < -0.39 is 5.97 Å². The maximum atomic E-state index is 11.1. The predicted molar refractivity (Wildman–Crippen MR) is 94.8 cm³/mol. The van der Waals surface area contributed by atoms with Gasteiger partial charge in [0.1, 0.15) is 0 Å². The van der Waals surface area contributed by atoms with Crippen molar-refractivity contribution in [3.8, 4) is 5.13 Å². The summed E-state index contributed by atoms with van der Waals surface area (Å²) in [5, 5.41) is 18.8. The minimum atomic E-state index is -1.05. The molecule has 4 aromatic rings. The van der Waals surface area contributed by atoms with Crippen molar-refractivity contribution in [2.45, 2.75) is 13.5 Å². The number of aryl methyl sites for hydroxylation is 1. The van der Waals surface area contributed by atoms with Gasteiger partial charge in [-0.05, 0) is 31.2 Å². The molecule has 1 N–H and O–H groups in total. The molecule has 7 nitrogen and oxygen atoms in total. The van der Waals surface area contributed by atoms with Crippen molar-refractivity contribution in [1.29, 1.82) is 0 Å². The van der Waals surface area contributed by atoms with Crippen LogP contribution in [0.4, 0.5) is 0 Å². The van der Waals surface area contributed by atoms with Crippen LogP contribution in [0.25, 0.3) is 15.3 Å². The zero-order chi connectivity index (χ0) is 17.6. The second kappa shape index (κ2) is 5.98. The third-order valence-electron chi connectivity index (χ3n) is 3.75. The lowest BCUT2D eigenvalue weighted by Crippen LogP contribution is -2.06. The summed E-state index contributed by atoms with van der Waals surface area (Å²) in [6.07, 6.45) is 3.52. The molecule has 0 aliphatic heterocycles. The fraction of sp³-hybridized carbons (Fsp3) is 0.125. The first kappa shape index (κ1) is 15.8. The van der Waals surface area contributed by atoms with E-state index in [1.807, 2.05) is 31.3 Å². The van der Waals surface area contributed by atoms with Crippen LogP contribution < -0.4 is 0 Å². The van der Waals surface area contributed by atoms with Gasteiger partial charge in [0.2, 0.25) is 5.13 Å². The summed E-state index contributed by atoms with van der Waals surface area (Å²) < 4.78 is 4.28. The van der Waals surface area contributed by atoms with Crippen LogP contribution in [0.1, 0.15) is 21.7 Å². The molecule has 0 aliphatic rings. The fourth-order valence-electron chi connectivity index (χ4n) is 2.59. The summed E-state index contributed by atoms with van der Waals surface area (Å²) >= 11 is 7.74. The monoisotopic (exact) mass is 373 g/mol. The molecule has 1 aromatic carbocycles. The van der Waals surface area contributed by atoms with Gasteiger partial charge in [0.25, 0.3) is 0 Å². The van der Waals surface area contributed by atoms with Crippen molar-refractivity contribution in [2.75, 3.05) is 0 Å². The predicted octanol–water partition coefficient (Wildman–Crippen LogP) is 3.39. The minimum absolute atomic E-state index is 0.0197. The summed E-state index contributed by atoms with van der Waals surface area (Å²) in [5.41, 5.74) is 2.46. The topological polar surface area (TPSA) is 85.8 Å². The lowest BCUT2D eigenvalue weighted by atomic mass is 10.2. The summed E-state index contributed by atoms with van der Waals surface area (Å²) in [5.74, 6) is -1.05. The minimum Gasteiger partial charge on any atom is -0.476 e. The molecule has 0 radical (unpaired) electrons. The van der Waals surface area contributed by atoms with Gasteiger partial charge >= 0.3 is 5.97 Å². The number of nitrogens with zero attached hydrogens (tertiary/aromatic N) is 5. The number of rotatable bonds is 4. The molecule has 0 atom stereocenters. The Kier molecular flexibility index (Phi) is 3.78. The molecular weight excluding hydrogens is 362 g/mol. The van der Waals surface area contributed by atoms with E-state index in [0.29, 0.717) is 11.6 Å². The van der Waals surface area contributed by atoms with Crippen molar-refractivity contribution >= 4 is 39.1 Å². The van der Waals surface area contributed by atoms with Crippen molar-refractivity contribution in [3.05, 3.63) is 58.6 Å². The quantitative estimate of drug-likeness (QED) is 0.592. The molecule has 0 aliphatic carbocycles. The first-order valence-corrected chi connectivity index (χ1v) is 8.57. The molecule has 4 rings (SSSR count). The molecule has 0 bridgehead atoms. The van der Waals surface area contributed by atoms with Crippen molar-refractivity contribution in [1.82, 2.24) is 24.5 Å². The summed E-state index contributed by atoms with van der Waals surface area (Å²) in [7, 11) is 0. The third-order valence-corrected chi connectivity index (χ3v) is 4.96. The van der Waals surface area contributed by atoms with Gasteiger partial charge in [-0.1, -0.05) is 22.9 Å².